The van der Waals surface area contributed by atoms with Gasteiger partial charge in [0.1, 0.15) is 5.82 Å². The second-order valence-corrected chi connectivity index (χ2v) is 6.35. The number of nitrogens with zero attached hydrogens (tertiary/aromatic N) is 2. The molecule has 1 aromatic rings. The zero-order valence-corrected chi connectivity index (χ0v) is 12.7. The highest BCUT2D eigenvalue weighted by Gasteiger charge is 2.10. The maximum absolute atomic E-state index is 11.5. The zero-order chi connectivity index (χ0) is 14.3. The lowest BCUT2D eigenvalue weighted by Crippen LogP contribution is -2.28. The fourth-order valence-corrected chi connectivity index (χ4v) is 2.95. The van der Waals surface area contributed by atoms with Gasteiger partial charge in [-0.2, -0.15) is 0 Å². The number of imidazole rings is 1. The van der Waals surface area contributed by atoms with Crippen molar-refractivity contribution >= 4 is 10.0 Å². The molecule has 6 nitrogen and oxygen atoms in total. The summed E-state index contributed by atoms with van der Waals surface area (Å²) in [6.07, 6.45) is 3.00. The predicted octanol–water partition coefficient (Wildman–Crippen LogP) is 0.710. The topological polar surface area (TPSA) is 73.2 Å². The Morgan fingerprint density at radius 3 is 2.84 bits per heavy atom. The van der Waals surface area contributed by atoms with E-state index in [1.165, 1.54) is 0 Å². The monoisotopic (exact) mass is 289 g/mol. The van der Waals surface area contributed by atoms with Crippen LogP contribution >= 0.6 is 0 Å². The Bertz CT molecular complexity index is 482. The first-order valence-electron chi connectivity index (χ1n) is 6.47. The van der Waals surface area contributed by atoms with E-state index in [1.807, 2.05) is 13.8 Å². The SMILES string of the molecule is CCCS(=O)(=O)NCCc1ncc(C)n1CCOC. The molecule has 0 aliphatic heterocycles. The van der Waals surface area contributed by atoms with E-state index in [2.05, 4.69) is 14.3 Å². The number of hydrogen-bond donors (Lipinski definition) is 1. The molecule has 0 saturated heterocycles. The highest BCUT2D eigenvalue weighted by Crippen LogP contribution is 2.05. The van der Waals surface area contributed by atoms with Gasteiger partial charge in [-0.15, -0.1) is 0 Å². The number of hydrogen-bond acceptors (Lipinski definition) is 4. The van der Waals surface area contributed by atoms with Gasteiger partial charge < -0.3 is 9.30 Å². The van der Waals surface area contributed by atoms with Crippen LogP contribution in [-0.4, -0.2) is 44.0 Å². The molecule has 0 spiro atoms. The van der Waals surface area contributed by atoms with Gasteiger partial charge in [0, 0.05) is 38.5 Å². The summed E-state index contributed by atoms with van der Waals surface area (Å²) in [7, 11) is -1.48. The summed E-state index contributed by atoms with van der Waals surface area (Å²) in [5, 5.41) is 0. The maximum Gasteiger partial charge on any atom is 0.211 e. The molecule has 0 saturated carbocycles. The van der Waals surface area contributed by atoms with Crippen LogP contribution in [0.15, 0.2) is 6.20 Å². The molecule has 1 aromatic heterocycles. The third-order valence-corrected chi connectivity index (χ3v) is 4.39. The molecule has 1 rings (SSSR count). The second kappa shape index (κ2) is 7.62. The van der Waals surface area contributed by atoms with Gasteiger partial charge >= 0.3 is 0 Å². The van der Waals surface area contributed by atoms with E-state index >= 15 is 0 Å². The van der Waals surface area contributed by atoms with Gasteiger partial charge in [0.05, 0.1) is 12.4 Å². The summed E-state index contributed by atoms with van der Waals surface area (Å²) in [6.45, 7) is 5.56. The van der Waals surface area contributed by atoms with Gasteiger partial charge in [0.25, 0.3) is 0 Å². The van der Waals surface area contributed by atoms with Crippen LogP contribution in [0.2, 0.25) is 0 Å². The van der Waals surface area contributed by atoms with Crippen LogP contribution in [0.4, 0.5) is 0 Å². The fourth-order valence-electron chi connectivity index (χ4n) is 1.86. The standard InChI is InChI=1S/C12H23N3O3S/c1-4-9-19(16,17)14-6-5-12-13-10-11(2)15(12)7-8-18-3/h10,14H,4-9H2,1-3H3. The van der Waals surface area contributed by atoms with Crippen molar-refractivity contribution in [3.8, 4) is 0 Å². The minimum Gasteiger partial charge on any atom is -0.383 e. The predicted molar refractivity (Wildman–Crippen MR) is 74.6 cm³/mol. The van der Waals surface area contributed by atoms with E-state index < -0.39 is 10.0 Å². The lowest BCUT2D eigenvalue weighted by Gasteiger charge is -2.10. The van der Waals surface area contributed by atoms with E-state index in [0.717, 1.165) is 18.1 Å². The summed E-state index contributed by atoms with van der Waals surface area (Å²) in [4.78, 5) is 4.31. The van der Waals surface area contributed by atoms with Gasteiger partial charge in [0.15, 0.2) is 0 Å². The van der Waals surface area contributed by atoms with Crippen LogP contribution in [0, 0.1) is 6.92 Å². The quantitative estimate of drug-likeness (QED) is 0.726. The molecule has 7 heteroatoms. The van der Waals surface area contributed by atoms with Crippen LogP contribution in [0.5, 0.6) is 0 Å². The van der Waals surface area contributed by atoms with Crippen LogP contribution in [0.25, 0.3) is 0 Å². The van der Waals surface area contributed by atoms with Crippen LogP contribution in [0.1, 0.15) is 24.9 Å². The van der Waals surface area contributed by atoms with Crippen molar-refractivity contribution in [1.29, 1.82) is 0 Å². The molecule has 0 atom stereocenters. The Balaban J connectivity index is 2.54. The minimum absolute atomic E-state index is 0.171. The highest BCUT2D eigenvalue weighted by molar-refractivity contribution is 7.89. The number of rotatable bonds is 9. The van der Waals surface area contributed by atoms with E-state index in [4.69, 9.17) is 4.74 Å². The molecule has 0 aliphatic rings. The van der Waals surface area contributed by atoms with Crippen molar-refractivity contribution in [1.82, 2.24) is 14.3 Å². The number of nitrogens with one attached hydrogen (secondary N) is 1. The number of aryl methyl sites for hydroxylation is 1. The highest BCUT2D eigenvalue weighted by atomic mass is 32.2. The second-order valence-electron chi connectivity index (χ2n) is 4.42. The van der Waals surface area contributed by atoms with Crippen molar-refractivity contribution in [3.05, 3.63) is 17.7 Å². The van der Waals surface area contributed by atoms with Crippen molar-refractivity contribution in [2.75, 3.05) is 26.0 Å². The Hall–Kier alpha value is -0.920. The van der Waals surface area contributed by atoms with Gasteiger partial charge in [-0.25, -0.2) is 18.1 Å². The Morgan fingerprint density at radius 2 is 2.21 bits per heavy atom. The smallest absolute Gasteiger partial charge is 0.211 e. The molecule has 0 fully saturated rings. The molecule has 19 heavy (non-hydrogen) atoms. The van der Waals surface area contributed by atoms with Gasteiger partial charge in [-0.3, -0.25) is 0 Å². The molecule has 1 N–H and O–H groups in total. The van der Waals surface area contributed by atoms with Crippen LogP contribution < -0.4 is 4.72 Å². The molecular weight excluding hydrogens is 266 g/mol. The van der Waals surface area contributed by atoms with Gasteiger partial charge in [0.2, 0.25) is 10.0 Å². The average Bonchev–Trinajstić information content (AvgIpc) is 2.67. The molecule has 0 bridgehead atoms. The van der Waals surface area contributed by atoms with E-state index in [9.17, 15) is 8.42 Å². The van der Waals surface area contributed by atoms with E-state index in [0.29, 0.717) is 26.0 Å². The number of aromatic nitrogens is 2. The Labute approximate surface area is 115 Å². The Kier molecular flexibility index (Phi) is 6.47. The molecule has 0 aromatic carbocycles. The van der Waals surface area contributed by atoms with Crippen molar-refractivity contribution in [2.45, 2.75) is 33.2 Å². The van der Waals surface area contributed by atoms with Crippen molar-refractivity contribution in [3.63, 3.8) is 0 Å². The fraction of sp³-hybridized carbons (Fsp3) is 0.750. The number of ether oxygens (including phenoxy) is 1. The number of sulfonamides is 1. The first kappa shape index (κ1) is 16.1. The summed E-state index contributed by atoms with van der Waals surface area (Å²) < 4.78 is 32.7. The third-order valence-electron chi connectivity index (χ3n) is 2.80. The Morgan fingerprint density at radius 1 is 1.47 bits per heavy atom. The molecule has 0 radical (unpaired) electrons. The summed E-state index contributed by atoms with van der Waals surface area (Å²) in [5.41, 5.74) is 1.06. The van der Waals surface area contributed by atoms with E-state index in [1.54, 1.807) is 13.3 Å². The van der Waals surface area contributed by atoms with Gasteiger partial charge in [-0.05, 0) is 13.3 Å². The number of methoxy groups -OCH3 is 1. The zero-order valence-electron chi connectivity index (χ0n) is 11.8. The first-order chi connectivity index (χ1) is 9.00. The molecule has 1 heterocycles. The van der Waals surface area contributed by atoms with E-state index in [-0.39, 0.29) is 5.75 Å². The summed E-state index contributed by atoms with van der Waals surface area (Å²) in [6, 6.07) is 0. The van der Waals surface area contributed by atoms with Crippen molar-refractivity contribution < 1.29 is 13.2 Å². The maximum atomic E-state index is 11.5. The molecule has 0 amide bonds. The summed E-state index contributed by atoms with van der Waals surface area (Å²) in [5.74, 6) is 1.05. The molecule has 110 valence electrons. The normalized spacial score (nSPS) is 11.9. The minimum atomic E-state index is -3.14. The largest absolute Gasteiger partial charge is 0.383 e. The van der Waals surface area contributed by atoms with Crippen molar-refractivity contribution in [2.24, 2.45) is 0 Å². The third kappa shape index (κ3) is 5.30. The van der Waals surface area contributed by atoms with Gasteiger partial charge in [-0.1, -0.05) is 6.92 Å². The lowest BCUT2D eigenvalue weighted by molar-refractivity contribution is 0.185. The lowest BCUT2D eigenvalue weighted by atomic mass is 10.4. The molecule has 0 aliphatic carbocycles. The first-order valence-corrected chi connectivity index (χ1v) is 8.12. The molecular formula is C12H23N3O3S. The molecule has 0 unspecified atom stereocenters. The van der Waals surface area contributed by atoms with Crippen LogP contribution in [0.3, 0.4) is 0 Å². The van der Waals surface area contributed by atoms with Crippen LogP contribution in [-0.2, 0) is 27.7 Å². The summed E-state index contributed by atoms with van der Waals surface area (Å²) >= 11 is 0. The average molecular weight is 289 g/mol.